The summed E-state index contributed by atoms with van der Waals surface area (Å²) < 4.78 is 35.5. The first-order chi connectivity index (χ1) is 19.8. The molecule has 0 saturated carbocycles. The van der Waals surface area contributed by atoms with Gasteiger partial charge in [0.1, 0.15) is 0 Å². The first-order valence-electron chi connectivity index (χ1n) is 13.5. The van der Waals surface area contributed by atoms with Crippen molar-refractivity contribution in [1.29, 1.82) is 0 Å². The lowest BCUT2D eigenvalue weighted by Crippen LogP contribution is -2.55. The third-order valence-corrected chi connectivity index (χ3v) is 8.86. The van der Waals surface area contributed by atoms with Crippen molar-refractivity contribution in [3.63, 3.8) is 0 Å². The molecule has 4 bridgehead atoms. The maximum atomic E-state index is 13.7. The third kappa shape index (κ3) is 5.66. The van der Waals surface area contributed by atoms with Crippen molar-refractivity contribution in [2.45, 2.75) is 37.8 Å². The van der Waals surface area contributed by atoms with Crippen LogP contribution in [0.3, 0.4) is 0 Å². The van der Waals surface area contributed by atoms with Crippen LogP contribution in [0.2, 0.25) is 0 Å². The van der Waals surface area contributed by atoms with Gasteiger partial charge in [0.25, 0.3) is 15.9 Å². The number of benzene rings is 2. The lowest BCUT2D eigenvalue weighted by atomic mass is 10.00. The van der Waals surface area contributed by atoms with Crippen LogP contribution in [0.15, 0.2) is 65.7 Å². The van der Waals surface area contributed by atoms with E-state index < -0.39 is 10.0 Å². The van der Waals surface area contributed by atoms with Crippen molar-refractivity contribution >= 4 is 21.9 Å². The quantitative estimate of drug-likeness (QED) is 0.381. The molecular formula is C29H31N7O4S. The minimum Gasteiger partial charge on any atom is -0.477 e. The minimum absolute atomic E-state index is 0.0432. The van der Waals surface area contributed by atoms with Crippen LogP contribution in [0, 0.1) is 13.8 Å². The number of carbonyl (C=O) groups excluding carboxylic acids is 1. The van der Waals surface area contributed by atoms with E-state index in [-0.39, 0.29) is 35.3 Å². The molecule has 12 heteroatoms. The van der Waals surface area contributed by atoms with Gasteiger partial charge in [-0.3, -0.25) is 14.8 Å². The normalized spacial score (nSPS) is 19.0. The molecule has 1 fully saturated rings. The fraction of sp³-hybridized carbons (Fsp3) is 0.310. The SMILES string of the molecule is Cc1cccc(C)c1-c1cc2nc(n1)NS(=O)(=O)c1cccc(c1)C(=O)N1CCN(Cc3ccn[nH]3)C[C@@H]1CCO2. The number of anilines is 1. The zero-order chi connectivity index (χ0) is 28.6. The number of H-pyrrole nitrogens is 1. The van der Waals surface area contributed by atoms with E-state index in [1.807, 2.05) is 43.0 Å². The maximum absolute atomic E-state index is 13.7. The van der Waals surface area contributed by atoms with Gasteiger partial charge < -0.3 is 9.64 Å². The number of nitrogens with one attached hydrogen (secondary N) is 2. The highest BCUT2D eigenvalue weighted by molar-refractivity contribution is 7.92. The summed E-state index contributed by atoms with van der Waals surface area (Å²) in [5.74, 6) is -0.0551. The van der Waals surface area contributed by atoms with Gasteiger partial charge in [0.15, 0.2) is 0 Å². The molecule has 4 aromatic rings. The fourth-order valence-electron chi connectivity index (χ4n) is 5.52. The van der Waals surface area contributed by atoms with Gasteiger partial charge in [0.2, 0.25) is 11.8 Å². The van der Waals surface area contributed by atoms with E-state index in [0.717, 1.165) is 22.4 Å². The highest BCUT2D eigenvalue weighted by Gasteiger charge is 2.32. The molecule has 41 heavy (non-hydrogen) atoms. The number of ether oxygens (including phenoxy) is 1. The van der Waals surface area contributed by atoms with Gasteiger partial charge in [-0.15, -0.1) is 0 Å². The lowest BCUT2D eigenvalue weighted by Gasteiger charge is -2.41. The van der Waals surface area contributed by atoms with E-state index in [0.29, 0.717) is 43.9 Å². The summed E-state index contributed by atoms with van der Waals surface area (Å²) in [6, 6.07) is 15.5. The second kappa shape index (κ2) is 10.9. The molecule has 1 atom stereocenters. The van der Waals surface area contributed by atoms with Crippen LogP contribution in [0.25, 0.3) is 11.3 Å². The number of piperazine rings is 1. The van der Waals surface area contributed by atoms with Crippen molar-refractivity contribution < 1.29 is 17.9 Å². The predicted octanol–water partition coefficient (Wildman–Crippen LogP) is 3.39. The third-order valence-electron chi connectivity index (χ3n) is 7.54. The number of nitrogens with zero attached hydrogens (tertiary/aromatic N) is 5. The second-order valence-corrected chi connectivity index (χ2v) is 12.1. The van der Waals surface area contributed by atoms with Gasteiger partial charge in [-0.2, -0.15) is 10.1 Å². The van der Waals surface area contributed by atoms with E-state index in [9.17, 15) is 13.2 Å². The molecule has 0 unspecified atom stereocenters. The van der Waals surface area contributed by atoms with Crippen LogP contribution in [-0.2, 0) is 16.6 Å². The topological polar surface area (TPSA) is 133 Å². The van der Waals surface area contributed by atoms with Crippen molar-refractivity contribution in [1.82, 2.24) is 30.0 Å². The minimum atomic E-state index is -4.10. The Kier molecular flexibility index (Phi) is 7.18. The van der Waals surface area contributed by atoms with Gasteiger partial charge in [0.05, 0.1) is 17.2 Å². The Morgan fingerprint density at radius 3 is 2.61 bits per heavy atom. The summed E-state index contributed by atoms with van der Waals surface area (Å²) in [6.07, 6.45) is 2.29. The molecule has 2 N–H and O–H groups in total. The molecule has 1 amide bonds. The number of rotatable bonds is 3. The number of fused-ring (bicyclic) bond motifs is 5. The summed E-state index contributed by atoms with van der Waals surface area (Å²) >= 11 is 0. The van der Waals surface area contributed by atoms with Crippen molar-refractivity contribution in [3.05, 3.63) is 83.2 Å². The van der Waals surface area contributed by atoms with Gasteiger partial charge in [-0.1, -0.05) is 24.3 Å². The molecule has 1 saturated heterocycles. The predicted molar refractivity (Wildman–Crippen MR) is 153 cm³/mol. The molecule has 4 heterocycles. The van der Waals surface area contributed by atoms with E-state index >= 15 is 0 Å². The van der Waals surface area contributed by atoms with Crippen LogP contribution in [0.4, 0.5) is 5.95 Å². The van der Waals surface area contributed by atoms with E-state index in [4.69, 9.17) is 4.74 Å². The van der Waals surface area contributed by atoms with E-state index in [1.165, 1.54) is 12.1 Å². The van der Waals surface area contributed by atoms with Gasteiger partial charge in [-0.25, -0.2) is 18.1 Å². The first-order valence-corrected chi connectivity index (χ1v) is 15.0. The number of sulfonamides is 1. The summed E-state index contributed by atoms with van der Waals surface area (Å²) in [7, 11) is -4.10. The van der Waals surface area contributed by atoms with Crippen LogP contribution in [0.1, 0.15) is 33.6 Å². The molecular weight excluding hydrogens is 542 g/mol. The standard InChI is InChI=1S/C29H31N7O4S/c1-19-5-3-6-20(2)27(19)25-16-26-32-29(31-25)34-41(38,39)24-8-4-7-21(15-24)28(37)36-13-12-35(17-22-9-11-30-33-22)18-23(36)10-14-40-26/h3-9,11,15-16,23H,10,12-14,17-18H2,1-2H3,(H,30,33)(H,31,32,34)/t23-/m0/s1. The Morgan fingerprint density at radius 1 is 1.02 bits per heavy atom. The molecule has 212 valence electrons. The summed E-state index contributed by atoms with van der Waals surface area (Å²) in [6.45, 7) is 6.74. The van der Waals surface area contributed by atoms with Crippen molar-refractivity contribution in [3.8, 4) is 17.1 Å². The molecule has 0 aliphatic carbocycles. The number of hydrogen-bond acceptors (Lipinski definition) is 8. The molecule has 2 aromatic carbocycles. The Labute approximate surface area is 238 Å². The number of carbonyl (C=O) groups is 1. The molecule has 2 aromatic heterocycles. The summed E-state index contributed by atoms with van der Waals surface area (Å²) in [4.78, 5) is 26.7. The monoisotopic (exact) mass is 573 g/mol. The highest BCUT2D eigenvalue weighted by Crippen LogP contribution is 2.30. The van der Waals surface area contributed by atoms with Crippen LogP contribution in [-0.4, -0.2) is 76.6 Å². The van der Waals surface area contributed by atoms with E-state index in [2.05, 4.69) is 29.8 Å². The average molecular weight is 574 g/mol. The molecule has 11 nitrogen and oxygen atoms in total. The summed E-state index contributed by atoms with van der Waals surface area (Å²) in [5.41, 5.74) is 4.76. The van der Waals surface area contributed by atoms with Crippen LogP contribution < -0.4 is 9.46 Å². The number of aryl methyl sites for hydroxylation is 2. The average Bonchev–Trinajstić information content (AvgIpc) is 3.45. The number of aromatic nitrogens is 4. The van der Waals surface area contributed by atoms with Gasteiger partial charge >= 0.3 is 0 Å². The second-order valence-electron chi connectivity index (χ2n) is 10.4. The Bertz CT molecular complexity index is 1670. The highest BCUT2D eigenvalue weighted by atomic mass is 32.2. The smallest absolute Gasteiger partial charge is 0.264 e. The Morgan fingerprint density at radius 2 is 1.83 bits per heavy atom. The number of amides is 1. The van der Waals surface area contributed by atoms with Crippen molar-refractivity contribution in [2.75, 3.05) is 31.0 Å². The first kappa shape index (κ1) is 26.9. The molecule has 0 spiro atoms. The van der Waals surface area contributed by atoms with E-state index in [1.54, 1.807) is 24.4 Å². The van der Waals surface area contributed by atoms with Gasteiger partial charge in [-0.05, 0) is 49.2 Å². The molecule has 2 aliphatic rings. The molecule has 6 rings (SSSR count). The van der Waals surface area contributed by atoms with Crippen molar-refractivity contribution in [2.24, 2.45) is 0 Å². The zero-order valence-electron chi connectivity index (χ0n) is 22.9. The fourth-order valence-corrected chi connectivity index (χ4v) is 6.51. The van der Waals surface area contributed by atoms with Gasteiger partial charge in [0, 0.05) is 67.7 Å². The van der Waals surface area contributed by atoms with Crippen LogP contribution in [0.5, 0.6) is 5.88 Å². The number of hydrogen-bond donors (Lipinski definition) is 2. The zero-order valence-corrected chi connectivity index (χ0v) is 23.7. The molecule has 2 aliphatic heterocycles. The lowest BCUT2D eigenvalue weighted by molar-refractivity contribution is 0.0384. The largest absolute Gasteiger partial charge is 0.477 e. The summed E-state index contributed by atoms with van der Waals surface area (Å²) in [5, 5.41) is 7.04. The Hall–Kier alpha value is -4.29. The maximum Gasteiger partial charge on any atom is 0.264 e. The Balaban J connectivity index is 1.39. The number of aromatic amines is 1. The molecule has 0 radical (unpaired) electrons. The van der Waals surface area contributed by atoms with Crippen LogP contribution >= 0.6 is 0 Å².